The highest BCUT2D eigenvalue weighted by Crippen LogP contribution is 2.30. The van der Waals surface area contributed by atoms with Crippen LogP contribution < -0.4 is 0 Å². The number of halogens is 6. The maximum absolute atomic E-state index is 11.9. The lowest BCUT2D eigenvalue weighted by Gasteiger charge is -2.07. The predicted molar refractivity (Wildman–Crippen MR) is 38.1 cm³/mol. The molecule has 0 aliphatic rings. The van der Waals surface area contributed by atoms with E-state index >= 15 is 0 Å². The highest BCUT2D eigenvalue weighted by atomic mass is 32.2. The first-order valence-corrected chi connectivity index (χ1v) is 4.39. The van der Waals surface area contributed by atoms with E-state index in [2.05, 4.69) is 3.63 Å². The van der Waals surface area contributed by atoms with Crippen molar-refractivity contribution in [3.8, 4) is 0 Å². The molecule has 0 bridgehead atoms. The van der Waals surface area contributed by atoms with Gasteiger partial charge in [-0.3, -0.25) is 0 Å². The van der Waals surface area contributed by atoms with Gasteiger partial charge in [-0.15, -0.1) is 0 Å². The van der Waals surface area contributed by atoms with Crippen LogP contribution in [0, 0.1) is 0 Å². The summed E-state index contributed by atoms with van der Waals surface area (Å²) in [6.07, 6.45) is -6.59. The average Bonchev–Trinajstić information content (AvgIpc) is 2.03. The van der Waals surface area contributed by atoms with E-state index in [-0.39, 0.29) is 0 Å². The van der Waals surface area contributed by atoms with Gasteiger partial charge in [0.2, 0.25) is 11.0 Å². The zero-order chi connectivity index (χ0) is 10.4. The standard InChI is InChI=1S/C4H4F6OS2/c5-1(6)3(9)12-11-13-4(10)2(7)8/h1-4H. The summed E-state index contributed by atoms with van der Waals surface area (Å²) in [7, 11) is 0. The molecule has 0 radical (unpaired) electrons. The summed E-state index contributed by atoms with van der Waals surface area (Å²) in [5, 5.41) is 0. The third-order valence-corrected chi connectivity index (χ3v) is 2.07. The molecule has 13 heavy (non-hydrogen) atoms. The van der Waals surface area contributed by atoms with Gasteiger partial charge in [-0.1, -0.05) is 0 Å². The lowest BCUT2D eigenvalue weighted by Crippen LogP contribution is -2.09. The summed E-state index contributed by atoms with van der Waals surface area (Å²) in [5.41, 5.74) is -5.34. The van der Waals surface area contributed by atoms with Crippen LogP contribution in [-0.2, 0) is 3.63 Å². The van der Waals surface area contributed by atoms with E-state index in [1.54, 1.807) is 0 Å². The molecule has 0 N–H and O–H groups in total. The van der Waals surface area contributed by atoms with E-state index in [1.165, 1.54) is 0 Å². The second-order valence-corrected chi connectivity index (χ2v) is 3.46. The molecular weight excluding hydrogens is 242 g/mol. The first kappa shape index (κ1) is 13.2. The van der Waals surface area contributed by atoms with Gasteiger partial charge in [0.15, 0.2) is 0 Å². The van der Waals surface area contributed by atoms with Crippen LogP contribution in [0.4, 0.5) is 26.3 Å². The summed E-state index contributed by atoms with van der Waals surface area (Å²) in [6.45, 7) is 0. The fraction of sp³-hybridized carbons (Fsp3) is 1.00. The molecular formula is C4H4F6OS2. The molecule has 1 nitrogen and oxygen atoms in total. The lowest BCUT2D eigenvalue weighted by atomic mass is 10.8. The van der Waals surface area contributed by atoms with Gasteiger partial charge < -0.3 is 0 Å². The summed E-state index contributed by atoms with van der Waals surface area (Å²) >= 11 is -0.794. The summed E-state index contributed by atoms with van der Waals surface area (Å²) in [6, 6.07) is 0. The zero-order valence-corrected chi connectivity index (χ0v) is 7.43. The zero-order valence-electron chi connectivity index (χ0n) is 5.80. The molecule has 2 unspecified atom stereocenters. The molecule has 0 heterocycles. The van der Waals surface area contributed by atoms with E-state index in [4.69, 9.17) is 0 Å². The smallest absolute Gasteiger partial charge is 0.241 e. The van der Waals surface area contributed by atoms with Crippen molar-refractivity contribution < 1.29 is 30.0 Å². The lowest BCUT2D eigenvalue weighted by molar-refractivity contribution is 0.0909. The summed E-state index contributed by atoms with van der Waals surface area (Å²) in [5.74, 6) is 0. The van der Waals surface area contributed by atoms with Gasteiger partial charge in [0, 0.05) is 0 Å². The Labute approximate surface area is 78.6 Å². The summed E-state index contributed by atoms with van der Waals surface area (Å²) in [4.78, 5) is 0. The van der Waals surface area contributed by atoms with Crippen molar-refractivity contribution in [1.29, 1.82) is 0 Å². The van der Waals surface area contributed by atoms with Crippen LogP contribution in [0.15, 0.2) is 0 Å². The largest absolute Gasteiger partial charge is 0.280 e. The molecule has 0 saturated heterocycles. The molecule has 0 spiro atoms. The van der Waals surface area contributed by atoms with E-state index in [0.29, 0.717) is 0 Å². The van der Waals surface area contributed by atoms with E-state index in [0.717, 1.165) is 0 Å². The van der Waals surface area contributed by atoms with Crippen molar-refractivity contribution in [2.24, 2.45) is 0 Å². The Bertz CT molecular complexity index is 122. The van der Waals surface area contributed by atoms with Gasteiger partial charge >= 0.3 is 0 Å². The molecule has 0 aliphatic heterocycles. The van der Waals surface area contributed by atoms with Crippen LogP contribution >= 0.6 is 24.1 Å². The predicted octanol–water partition coefficient (Wildman–Crippen LogP) is 3.42. The molecule has 0 aliphatic carbocycles. The Morgan fingerprint density at radius 2 is 1.00 bits per heavy atom. The highest BCUT2D eigenvalue weighted by molar-refractivity contribution is 8.08. The second-order valence-electron chi connectivity index (χ2n) is 1.63. The molecule has 0 aromatic carbocycles. The van der Waals surface area contributed by atoms with Crippen molar-refractivity contribution in [3.05, 3.63) is 0 Å². The normalized spacial score (nSPS) is 16.6. The molecule has 80 valence electrons. The van der Waals surface area contributed by atoms with Crippen molar-refractivity contribution in [3.63, 3.8) is 0 Å². The van der Waals surface area contributed by atoms with Gasteiger partial charge in [-0.05, 0) is 0 Å². The minimum atomic E-state index is -3.30. The highest BCUT2D eigenvalue weighted by Gasteiger charge is 2.25. The van der Waals surface area contributed by atoms with Crippen LogP contribution in [0.5, 0.6) is 0 Å². The first-order chi connectivity index (χ1) is 5.95. The fourth-order valence-corrected chi connectivity index (χ4v) is 1.13. The second kappa shape index (κ2) is 6.66. The van der Waals surface area contributed by atoms with Crippen molar-refractivity contribution in [2.45, 2.75) is 23.9 Å². The number of hydrogen-bond acceptors (Lipinski definition) is 3. The van der Waals surface area contributed by atoms with Crippen LogP contribution in [0.3, 0.4) is 0 Å². The molecule has 0 rings (SSSR count). The number of alkyl halides is 6. The van der Waals surface area contributed by atoms with Crippen molar-refractivity contribution in [2.75, 3.05) is 0 Å². The Morgan fingerprint density at radius 3 is 1.23 bits per heavy atom. The maximum atomic E-state index is 11.9. The van der Waals surface area contributed by atoms with Crippen molar-refractivity contribution >= 4 is 24.1 Å². The Balaban J connectivity index is 3.45. The van der Waals surface area contributed by atoms with Gasteiger partial charge in [0.25, 0.3) is 12.9 Å². The van der Waals surface area contributed by atoms with Crippen LogP contribution in [0.2, 0.25) is 0 Å². The van der Waals surface area contributed by atoms with Crippen LogP contribution in [-0.4, -0.2) is 23.9 Å². The van der Waals surface area contributed by atoms with E-state index in [9.17, 15) is 26.3 Å². The first-order valence-electron chi connectivity index (χ1n) is 2.78. The van der Waals surface area contributed by atoms with E-state index < -0.39 is 47.9 Å². The molecule has 0 aromatic heterocycles. The maximum Gasteiger partial charge on any atom is 0.280 e. The Kier molecular flexibility index (Phi) is 6.78. The molecule has 2 atom stereocenters. The fourth-order valence-electron chi connectivity index (χ4n) is 0.182. The molecule has 9 heteroatoms. The third kappa shape index (κ3) is 6.33. The Morgan fingerprint density at radius 1 is 0.692 bits per heavy atom. The topological polar surface area (TPSA) is 9.23 Å². The summed E-state index contributed by atoms with van der Waals surface area (Å²) < 4.78 is 73.2. The Hall–Kier alpha value is 0.240. The number of hydrogen-bond donors (Lipinski definition) is 0. The average molecular weight is 246 g/mol. The van der Waals surface area contributed by atoms with Gasteiger partial charge in [0.05, 0.1) is 24.1 Å². The van der Waals surface area contributed by atoms with E-state index in [1.807, 2.05) is 0 Å². The van der Waals surface area contributed by atoms with Crippen LogP contribution in [0.25, 0.3) is 0 Å². The SMILES string of the molecule is FC(F)C(F)SOSC(F)C(F)F. The van der Waals surface area contributed by atoms with Gasteiger partial charge in [0.1, 0.15) is 0 Å². The number of rotatable bonds is 6. The van der Waals surface area contributed by atoms with Crippen molar-refractivity contribution in [1.82, 2.24) is 0 Å². The minimum Gasteiger partial charge on any atom is -0.241 e. The van der Waals surface area contributed by atoms with Gasteiger partial charge in [-0.25, -0.2) is 30.0 Å². The quantitative estimate of drug-likeness (QED) is 0.525. The minimum absolute atomic E-state index is 0.397. The van der Waals surface area contributed by atoms with Crippen LogP contribution in [0.1, 0.15) is 0 Å². The van der Waals surface area contributed by atoms with Gasteiger partial charge in [-0.2, -0.15) is 0 Å². The molecule has 0 amide bonds. The molecule has 0 fully saturated rings. The monoisotopic (exact) mass is 246 g/mol. The molecule has 0 aromatic rings. The third-order valence-electron chi connectivity index (χ3n) is 0.659. The molecule has 0 saturated carbocycles.